The molecule has 1 unspecified atom stereocenters. The van der Waals surface area contributed by atoms with Gasteiger partial charge in [0.1, 0.15) is 0 Å². The van der Waals surface area contributed by atoms with E-state index < -0.39 is 27.1 Å². The normalized spacial score (nSPS) is 13.5. The second-order valence-electron chi connectivity index (χ2n) is 9.37. The van der Waals surface area contributed by atoms with Gasteiger partial charge in [-0.05, 0) is 0 Å². The van der Waals surface area contributed by atoms with Crippen LogP contribution in [-0.4, -0.2) is 11.8 Å². The number of fused-ring (bicyclic) bond motifs is 1. The molecule has 0 spiro atoms. The molecule has 0 aromatic heterocycles. The van der Waals surface area contributed by atoms with Crippen LogP contribution in [0.2, 0.25) is 0 Å². The molecule has 6 heteroatoms. The van der Waals surface area contributed by atoms with Crippen LogP contribution in [0.5, 0.6) is 0 Å². The molecule has 1 amide bonds. The number of allylic oxidation sites excluding steroid dienone is 1. The van der Waals surface area contributed by atoms with Crippen LogP contribution in [0, 0.1) is 0 Å². The van der Waals surface area contributed by atoms with Gasteiger partial charge in [-0.25, -0.2) is 0 Å². The zero-order valence-electron chi connectivity index (χ0n) is 20.9. The van der Waals surface area contributed by atoms with E-state index in [0.29, 0.717) is 9.54 Å². The minimum absolute atomic E-state index is 0. The molecule has 5 rings (SSSR count). The number of benzene rings is 4. The Morgan fingerprint density at radius 3 is 1.92 bits per heavy atom. The average molecular weight is 623 g/mol. The fourth-order valence-electron chi connectivity index (χ4n) is 5.10. The van der Waals surface area contributed by atoms with Crippen molar-refractivity contribution in [2.45, 2.75) is 23.4 Å². The summed E-state index contributed by atoms with van der Waals surface area (Å²) in [6, 6.07) is 38.7. The maximum absolute atomic E-state index is 14.0. The van der Waals surface area contributed by atoms with E-state index in [1.165, 1.54) is 21.5 Å². The molecule has 0 heterocycles. The molecule has 0 saturated carbocycles. The molecule has 4 aromatic rings. The van der Waals surface area contributed by atoms with E-state index in [0.717, 1.165) is 11.1 Å². The molecular weight excluding hydrogens is 593 g/mol. The Morgan fingerprint density at radius 2 is 1.30 bits per heavy atom. The summed E-state index contributed by atoms with van der Waals surface area (Å²) in [7, 11) is 0. The van der Waals surface area contributed by atoms with E-state index in [4.69, 9.17) is 0 Å². The number of carbonyl (C=O) groups excluding carboxylic acids is 1. The number of nitrogens with one attached hydrogen (secondary N) is 1. The van der Waals surface area contributed by atoms with Gasteiger partial charge in [0.15, 0.2) is 0 Å². The molecule has 1 N–H and O–H groups in total. The van der Waals surface area contributed by atoms with Crippen molar-refractivity contribution in [1.29, 1.82) is 0 Å². The summed E-state index contributed by atoms with van der Waals surface area (Å²) in [5, 5.41) is 2.84. The second kappa shape index (κ2) is 13.5. The zero-order chi connectivity index (χ0) is 24.2. The van der Waals surface area contributed by atoms with Gasteiger partial charge in [-0.2, -0.15) is 0 Å². The fraction of sp³-hybridized carbons (Fsp3) is 0.129. The Labute approximate surface area is 241 Å². The van der Waals surface area contributed by atoms with E-state index >= 15 is 0 Å². The second-order valence-corrected chi connectivity index (χ2v) is 23.9. The third kappa shape index (κ3) is 6.44. The van der Waals surface area contributed by atoms with Gasteiger partial charge in [0.2, 0.25) is 0 Å². The molecule has 0 aliphatic heterocycles. The van der Waals surface area contributed by atoms with Crippen molar-refractivity contribution in [2.75, 3.05) is 0 Å². The summed E-state index contributed by atoms with van der Waals surface area (Å²) in [6.07, 6.45) is 4.64. The maximum atomic E-state index is 14.0. The number of hydrogen-bond donors (Lipinski definition) is 1. The third-order valence-electron chi connectivity index (χ3n) is 6.80. The Morgan fingerprint density at radius 1 is 0.757 bits per heavy atom. The topological polar surface area (TPSA) is 29.1 Å². The van der Waals surface area contributed by atoms with Gasteiger partial charge < -0.3 is 24.8 Å². The van der Waals surface area contributed by atoms with Gasteiger partial charge in [0, 0.05) is 0 Å². The summed E-state index contributed by atoms with van der Waals surface area (Å²) in [6.45, 7) is 4.32. The SMILES string of the molecule is CC(C)c1ccccc1C(=O)[NH][Zr+2]([CH]1C=Cc2ccccc21)[SiH](c1ccccc1)c1ccccc1.[Cl-].[Cl-]. The monoisotopic (exact) mass is 620 g/mol. The first-order valence-electron chi connectivity index (χ1n) is 12.3. The van der Waals surface area contributed by atoms with Crippen LogP contribution in [-0.2, 0) is 21.2 Å². The van der Waals surface area contributed by atoms with Crippen LogP contribution in [0.4, 0.5) is 0 Å². The fourth-order valence-corrected chi connectivity index (χ4v) is 25.8. The van der Waals surface area contributed by atoms with Crippen molar-refractivity contribution >= 4 is 28.3 Å². The Bertz CT molecular complexity index is 1310. The largest absolute Gasteiger partial charge is 1.00 e. The first-order valence-corrected chi connectivity index (χ1v) is 20.9. The van der Waals surface area contributed by atoms with Gasteiger partial charge >= 0.3 is 218 Å². The van der Waals surface area contributed by atoms with Crippen molar-refractivity contribution in [2.24, 2.45) is 0 Å². The molecule has 187 valence electrons. The van der Waals surface area contributed by atoms with Crippen molar-refractivity contribution in [3.05, 3.63) is 138 Å². The Kier molecular flexibility index (Phi) is 10.7. The molecular formula is C31H30Cl2NOSiZr. The van der Waals surface area contributed by atoms with Crippen molar-refractivity contribution in [1.82, 2.24) is 3.26 Å². The number of halogens is 2. The number of hydrogen-bond acceptors (Lipinski definition) is 1. The van der Waals surface area contributed by atoms with Crippen LogP contribution in [0.3, 0.4) is 0 Å². The molecule has 0 saturated heterocycles. The first-order chi connectivity index (χ1) is 17.1. The van der Waals surface area contributed by atoms with E-state index in [2.05, 4.69) is 120 Å². The molecule has 4 aromatic carbocycles. The number of rotatable bonds is 7. The van der Waals surface area contributed by atoms with Crippen LogP contribution in [0.25, 0.3) is 6.08 Å². The summed E-state index contributed by atoms with van der Waals surface area (Å²) >= 11 is -2.71. The van der Waals surface area contributed by atoms with Gasteiger partial charge in [0.25, 0.3) is 0 Å². The molecule has 1 aliphatic rings. The van der Waals surface area contributed by atoms with Crippen LogP contribution < -0.4 is 38.4 Å². The molecule has 0 bridgehead atoms. The van der Waals surface area contributed by atoms with Gasteiger partial charge in [-0.1, -0.05) is 0 Å². The van der Waals surface area contributed by atoms with Crippen LogP contribution in [0.1, 0.15) is 50.4 Å². The smallest absolute Gasteiger partial charge is 1.00 e. The summed E-state index contributed by atoms with van der Waals surface area (Å²) < 4.78 is 4.10. The molecule has 1 atom stereocenters. The number of carbonyl (C=O) groups is 1. The summed E-state index contributed by atoms with van der Waals surface area (Å²) in [4.78, 5) is 14.0. The molecule has 37 heavy (non-hydrogen) atoms. The number of amides is 1. The molecule has 0 radical (unpaired) electrons. The van der Waals surface area contributed by atoms with E-state index in [1.807, 2.05) is 18.2 Å². The van der Waals surface area contributed by atoms with Gasteiger partial charge in [0.05, 0.1) is 0 Å². The predicted octanol–water partition coefficient (Wildman–Crippen LogP) is -0.613. The summed E-state index contributed by atoms with van der Waals surface area (Å²) in [5.41, 5.74) is 4.61. The van der Waals surface area contributed by atoms with Crippen molar-refractivity contribution < 1.29 is 50.8 Å². The zero-order valence-corrected chi connectivity index (χ0v) is 26.1. The van der Waals surface area contributed by atoms with Crippen LogP contribution >= 0.6 is 0 Å². The minimum atomic E-state index is -2.71. The average Bonchev–Trinajstić information content (AvgIpc) is 3.33. The van der Waals surface area contributed by atoms with E-state index in [9.17, 15) is 4.79 Å². The Balaban J connectivity index is 0.00000190. The quantitative estimate of drug-likeness (QED) is 0.274. The van der Waals surface area contributed by atoms with E-state index in [-0.39, 0.29) is 30.7 Å². The molecule has 2 nitrogen and oxygen atoms in total. The van der Waals surface area contributed by atoms with Gasteiger partial charge in [-0.3, -0.25) is 0 Å². The van der Waals surface area contributed by atoms with Crippen molar-refractivity contribution in [3.63, 3.8) is 0 Å². The van der Waals surface area contributed by atoms with Crippen LogP contribution in [0.15, 0.2) is 115 Å². The first kappa shape index (κ1) is 29.3. The summed E-state index contributed by atoms with van der Waals surface area (Å²) in [5.74, 6) is -1.28. The maximum Gasteiger partial charge on any atom is -1.00 e. The van der Waals surface area contributed by atoms with Crippen molar-refractivity contribution in [3.8, 4) is 0 Å². The van der Waals surface area contributed by atoms with Gasteiger partial charge in [-0.15, -0.1) is 0 Å². The third-order valence-corrected chi connectivity index (χ3v) is 26.2. The van der Waals surface area contributed by atoms with E-state index in [1.54, 1.807) is 0 Å². The standard InChI is InChI=1S/C12H11Si.C10H13NO.C9H7.2ClH.Zr/c1-3-7-11(8-4-1)13-12-9-5-2-6-10-12;1-7(2)8-5-3-4-6-9(8)10(11)12;1-2-5-9-7-3-6-8(9)4-1;;;/h1-10,13H;3-7H,1-2H3,(H2,11,12);1-7H;2*1H;/q;;;;;+3/p-3. The molecule has 1 aliphatic carbocycles. The predicted molar refractivity (Wildman–Crippen MR) is 146 cm³/mol. The Hall–Kier alpha value is -2.23. The minimum Gasteiger partial charge on any atom is -1.00 e. The molecule has 0 fully saturated rings.